The Hall–Kier alpha value is -0.320. The number of hydrogen-bond donors (Lipinski definition) is 1. The molecule has 3 rings (SSSR count). The molecule has 4 nitrogen and oxygen atoms in total. The van der Waals surface area contributed by atoms with Gasteiger partial charge in [0.2, 0.25) is 5.91 Å². The standard InChI is InChI=1S/C10H16N2O2.ClH/c13-9(12-1-3-14-4-2-12)10-5-8(10)6-11-7-10;/h8,11H,1-7H2;1H/t8-,10-;/m1./s1. The molecule has 15 heavy (non-hydrogen) atoms. The zero-order valence-corrected chi connectivity index (χ0v) is 9.52. The summed E-state index contributed by atoms with van der Waals surface area (Å²) < 4.78 is 5.25. The highest BCUT2D eigenvalue weighted by Gasteiger charge is 2.63. The summed E-state index contributed by atoms with van der Waals surface area (Å²) in [5, 5.41) is 3.30. The van der Waals surface area contributed by atoms with Crippen LogP contribution in [-0.2, 0) is 9.53 Å². The quantitative estimate of drug-likeness (QED) is 0.685. The minimum Gasteiger partial charge on any atom is -0.378 e. The molecule has 86 valence electrons. The van der Waals surface area contributed by atoms with Crippen molar-refractivity contribution in [1.82, 2.24) is 10.2 Å². The van der Waals surface area contributed by atoms with E-state index in [9.17, 15) is 4.79 Å². The molecule has 2 saturated heterocycles. The van der Waals surface area contributed by atoms with Gasteiger partial charge >= 0.3 is 0 Å². The van der Waals surface area contributed by atoms with Crippen molar-refractivity contribution in [3.05, 3.63) is 0 Å². The van der Waals surface area contributed by atoms with E-state index in [1.165, 1.54) is 0 Å². The average molecular weight is 233 g/mol. The van der Waals surface area contributed by atoms with Crippen LogP contribution in [0.15, 0.2) is 0 Å². The summed E-state index contributed by atoms with van der Waals surface area (Å²) in [6, 6.07) is 0. The van der Waals surface area contributed by atoms with Gasteiger partial charge in [0.15, 0.2) is 0 Å². The van der Waals surface area contributed by atoms with E-state index in [0.717, 1.165) is 32.6 Å². The lowest BCUT2D eigenvalue weighted by Gasteiger charge is -2.29. The Balaban J connectivity index is 0.000000853. The third kappa shape index (κ3) is 1.65. The third-order valence-corrected chi connectivity index (χ3v) is 3.79. The molecule has 3 aliphatic rings. The van der Waals surface area contributed by atoms with Crippen LogP contribution in [0.25, 0.3) is 0 Å². The van der Waals surface area contributed by atoms with Gasteiger partial charge in [-0.1, -0.05) is 0 Å². The Labute approximate surface area is 95.7 Å². The minimum atomic E-state index is -0.00264. The van der Waals surface area contributed by atoms with E-state index in [4.69, 9.17) is 4.74 Å². The van der Waals surface area contributed by atoms with Crippen molar-refractivity contribution in [2.45, 2.75) is 6.42 Å². The van der Waals surface area contributed by atoms with Gasteiger partial charge in [-0.05, 0) is 18.9 Å². The maximum Gasteiger partial charge on any atom is 0.230 e. The Morgan fingerprint density at radius 3 is 2.67 bits per heavy atom. The smallest absolute Gasteiger partial charge is 0.230 e. The molecule has 1 amide bonds. The molecule has 0 spiro atoms. The number of piperidine rings is 1. The van der Waals surface area contributed by atoms with E-state index in [-0.39, 0.29) is 17.8 Å². The average Bonchev–Trinajstić information content (AvgIpc) is 2.82. The number of carbonyl (C=O) groups excluding carboxylic acids is 1. The second-order valence-corrected chi connectivity index (χ2v) is 4.59. The van der Waals surface area contributed by atoms with Crippen molar-refractivity contribution in [2.75, 3.05) is 39.4 Å². The summed E-state index contributed by atoms with van der Waals surface area (Å²) in [7, 11) is 0. The highest BCUT2D eigenvalue weighted by molar-refractivity contribution is 5.87. The molecule has 0 bridgehead atoms. The summed E-state index contributed by atoms with van der Waals surface area (Å²) in [5.41, 5.74) is -0.00264. The maximum absolute atomic E-state index is 12.2. The fourth-order valence-electron chi connectivity index (χ4n) is 2.75. The van der Waals surface area contributed by atoms with Crippen LogP contribution in [0.4, 0.5) is 0 Å². The number of halogens is 1. The number of fused-ring (bicyclic) bond motifs is 1. The lowest BCUT2D eigenvalue weighted by atomic mass is 10.0. The predicted octanol–water partition coefficient (Wildman–Crippen LogP) is -0.124. The summed E-state index contributed by atoms with van der Waals surface area (Å²) >= 11 is 0. The van der Waals surface area contributed by atoms with Crippen LogP contribution in [0.3, 0.4) is 0 Å². The number of ether oxygens (including phenoxy) is 1. The SMILES string of the molecule is Cl.O=C(N1CCOCC1)[C@]12CNC[C@H]1C2. The Kier molecular flexibility index (Phi) is 2.92. The van der Waals surface area contributed by atoms with Crippen LogP contribution >= 0.6 is 12.4 Å². The normalized spacial score (nSPS) is 38.1. The monoisotopic (exact) mass is 232 g/mol. The number of nitrogens with one attached hydrogen (secondary N) is 1. The van der Waals surface area contributed by atoms with E-state index in [1.54, 1.807) is 0 Å². The molecule has 0 aromatic heterocycles. The number of nitrogens with zero attached hydrogens (tertiary/aromatic N) is 1. The Morgan fingerprint density at radius 2 is 2.13 bits per heavy atom. The zero-order valence-electron chi connectivity index (χ0n) is 8.70. The van der Waals surface area contributed by atoms with Crippen LogP contribution < -0.4 is 5.32 Å². The predicted molar refractivity (Wildman–Crippen MR) is 58.1 cm³/mol. The third-order valence-electron chi connectivity index (χ3n) is 3.79. The second kappa shape index (κ2) is 3.92. The summed E-state index contributed by atoms with van der Waals surface area (Å²) in [6.45, 7) is 4.92. The molecule has 1 aliphatic carbocycles. The first-order valence-electron chi connectivity index (χ1n) is 5.41. The van der Waals surface area contributed by atoms with Gasteiger partial charge in [-0.25, -0.2) is 0 Å². The Bertz CT molecular complexity index is 268. The van der Waals surface area contributed by atoms with Crippen LogP contribution in [0.1, 0.15) is 6.42 Å². The molecular formula is C10H17ClN2O2. The number of morpholine rings is 1. The first-order chi connectivity index (χ1) is 6.83. The summed E-state index contributed by atoms with van der Waals surface area (Å²) in [5.74, 6) is 0.994. The highest BCUT2D eigenvalue weighted by Crippen LogP contribution is 2.55. The van der Waals surface area contributed by atoms with Crippen LogP contribution in [0.5, 0.6) is 0 Å². The van der Waals surface area contributed by atoms with Gasteiger partial charge in [0, 0.05) is 19.6 Å². The Morgan fingerprint density at radius 1 is 1.40 bits per heavy atom. The zero-order chi connectivity index (χ0) is 9.60. The minimum absolute atomic E-state index is 0. The first-order valence-corrected chi connectivity index (χ1v) is 5.41. The van der Waals surface area contributed by atoms with Gasteiger partial charge in [-0.15, -0.1) is 12.4 Å². The molecule has 2 heterocycles. The van der Waals surface area contributed by atoms with Crippen molar-refractivity contribution >= 4 is 18.3 Å². The van der Waals surface area contributed by atoms with Crippen molar-refractivity contribution in [2.24, 2.45) is 11.3 Å². The highest BCUT2D eigenvalue weighted by atomic mass is 35.5. The van der Waals surface area contributed by atoms with Crippen LogP contribution in [0, 0.1) is 11.3 Å². The van der Waals surface area contributed by atoms with E-state index in [2.05, 4.69) is 5.32 Å². The topological polar surface area (TPSA) is 41.6 Å². The number of carbonyl (C=O) groups is 1. The molecule has 2 aliphatic heterocycles. The molecule has 2 atom stereocenters. The molecule has 0 unspecified atom stereocenters. The summed E-state index contributed by atoms with van der Waals surface area (Å²) in [4.78, 5) is 14.2. The number of rotatable bonds is 1. The van der Waals surface area contributed by atoms with E-state index in [1.807, 2.05) is 4.90 Å². The van der Waals surface area contributed by atoms with E-state index >= 15 is 0 Å². The molecular weight excluding hydrogens is 216 g/mol. The van der Waals surface area contributed by atoms with Crippen molar-refractivity contribution in [1.29, 1.82) is 0 Å². The lowest BCUT2D eigenvalue weighted by molar-refractivity contribution is -0.140. The van der Waals surface area contributed by atoms with Gasteiger partial charge in [0.1, 0.15) is 0 Å². The van der Waals surface area contributed by atoms with Crippen LogP contribution in [-0.4, -0.2) is 50.2 Å². The number of amides is 1. The molecule has 0 radical (unpaired) electrons. The fraction of sp³-hybridized carbons (Fsp3) is 0.900. The van der Waals surface area contributed by atoms with Gasteiger partial charge in [0.25, 0.3) is 0 Å². The van der Waals surface area contributed by atoms with Gasteiger partial charge in [-0.3, -0.25) is 4.79 Å². The van der Waals surface area contributed by atoms with Gasteiger partial charge < -0.3 is 15.0 Å². The van der Waals surface area contributed by atoms with E-state index < -0.39 is 0 Å². The van der Waals surface area contributed by atoms with Crippen molar-refractivity contribution in [3.8, 4) is 0 Å². The molecule has 0 aromatic rings. The molecule has 3 fully saturated rings. The molecule has 1 N–H and O–H groups in total. The second-order valence-electron chi connectivity index (χ2n) is 4.59. The van der Waals surface area contributed by atoms with Crippen LogP contribution in [0.2, 0.25) is 0 Å². The first kappa shape index (κ1) is 11.2. The van der Waals surface area contributed by atoms with Gasteiger partial charge in [0.05, 0.1) is 18.6 Å². The largest absolute Gasteiger partial charge is 0.378 e. The van der Waals surface area contributed by atoms with Gasteiger partial charge in [-0.2, -0.15) is 0 Å². The fourth-order valence-corrected chi connectivity index (χ4v) is 2.75. The maximum atomic E-state index is 12.2. The molecule has 0 aromatic carbocycles. The molecule has 5 heteroatoms. The number of hydrogen-bond acceptors (Lipinski definition) is 3. The lowest BCUT2D eigenvalue weighted by Crippen LogP contribution is -2.45. The van der Waals surface area contributed by atoms with Crippen molar-refractivity contribution in [3.63, 3.8) is 0 Å². The molecule has 1 saturated carbocycles. The van der Waals surface area contributed by atoms with E-state index in [0.29, 0.717) is 25.0 Å². The van der Waals surface area contributed by atoms with Crippen molar-refractivity contribution < 1.29 is 9.53 Å². The summed E-state index contributed by atoms with van der Waals surface area (Å²) in [6.07, 6.45) is 1.11.